The van der Waals surface area contributed by atoms with E-state index in [1.54, 1.807) is 17.5 Å². The number of nitrogens with one attached hydrogen (secondary N) is 2. The maximum atomic E-state index is 5.87. The number of aliphatic imine (C=N–C) groups is 1. The predicted molar refractivity (Wildman–Crippen MR) is 125 cm³/mol. The summed E-state index contributed by atoms with van der Waals surface area (Å²) in [6.45, 7) is 8.73. The number of benzene rings is 1. The smallest absolute Gasteiger partial charge is 0.219 e. The number of aromatic nitrogens is 2. The molecule has 1 aromatic carbocycles. The van der Waals surface area contributed by atoms with E-state index in [9.17, 15) is 0 Å². The Morgan fingerprint density at radius 3 is 2.55 bits per heavy atom. The van der Waals surface area contributed by atoms with E-state index in [4.69, 9.17) is 9.47 Å². The summed E-state index contributed by atoms with van der Waals surface area (Å²) in [5.74, 6) is 2.81. The van der Waals surface area contributed by atoms with E-state index in [1.807, 2.05) is 56.4 Å². The van der Waals surface area contributed by atoms with Gasteiger partial charge in [0.25, 0.3) is 0 Å². The van der Waals surface area contributed by atoms with E-state index in [1.165, 1.54) is 4.88 Å². The predicted octanol–water partition coefficient (Wildman–Crippen LogP) is 4.55. The monoisotopic (exact) mass is 439 g/mol. The van der Waals surface area contributed by atoms with E-state index in [2.05, 4.69) is 32.5 Å². The Morgan fingerprint density at radius 1 is 1.03 bits per heavy atom. The van der Waals surface area contributed by atoms with Crippen LogP contribution in [-0.2, 0) is 19.5 Å². The summed E-state index contributed by atoms with van der Waals surface area (Å²) in [6.07, 6.45) is 4.68. The van der Waals surface area contributed by atoms with Gasteiger partial charge in [-0.05, 0) is 56.2 Å². The molecule has 164 valence electrons. The van der Waals surface area contributed by atoms with Crippen LogP contribution in [-0.4, -0.2) is 29.1 Å². The van der Waals surface area contributed by atoms with Gasteiger partial charge in [0.1, 0.15) is 16.5 Å². The highest BCUT2D eigenvalue weighted by Gasteiger charge is 2.05. The molecule has 31 heavy (non-hydrogen) atoms. The quantitative estimate of drug-likeness (QED) is 0.356. The first-order valence-corrected chi connectivity index (χ1v) is 11.3. The highest BCUT2D eigenvalue weighted by Crippen LogP contribution is 2.23. The Balaban J connectivity index is 1.59. The van der Waals surface area contributed by atoms with Gasteiger partial charge in [-0.25, -0.2) is 15.0 Å². The number of hydrogen-bond donors (Lipinski definition) is 2. The van der Waals surface area contributed by atoms with Gasteiger partial charge in [-0.3, -0.25) is 0 Å². The largest absolute Gasteiger partial charge is 0.494 e. The van der Waals surface area contributed by atoms with E-state index < -0.39 is 0 Å². The molecule has 0 amide bonds. The number of guanidine groups is 1. The van der Waals surface area contributed by atoms with Gasteiger partial charge in [0.2, 0.25) is 5.88 Å². The van der Waals surface area contributed by atoms with Crippen molar-refractivity contribution in [2.75, 3.05) is 13.2 Å². The minimum absolute atomic E-state index is 0.509. The van der Waals surface area contributed by atoms with Crippen LogP contribution in [0.3, 0.4) is 0 Å². The molecule has 2 aromatic heterocycles. The third-order valence-corrected chi connectivity index (χ3v) is 5.42. The van der Waals surface area contributed by atoms with Gasteiger partial charge < -0.3 is 20.1 Å². The third kappa shape index (κ3) is 7.25. The summed E-state index contributed by atoms with van der Waals surface area (Å²) in [6, 6.07) is 11.3. The van der Waals surface area contributed by atoms with Gasteiger partial charge in [0, 0.05) is 29.9 Å². The SMILES string of the molecule is CCNC(=NCc1ccnc(Oc2ccc(OCC)cc2)c1)NCc1ncc(CC)s1. The van der Waals surface area contributed by atoms with Gasteiger partial charge >= 0.3 is 0 Å². The van der Waals surface area contributed by atoms with Crippen molar-refractivity contribution in [3.63, 3.8) is 0 Å². The standard InChI is InChI=1S/C23H29N5O2S/c1-4-20-15-26-22(31-20)16-28-23(24-5-2)27-14-17-11-12-25-21(13-17)30-19-9-7-18(8-10-19)29-6-3/h7-13,15H,4-6,14,16H2,1-3H3,(H2,24,27,28). The van der Waals surface area contributed by atoms with Gasteiger partial charge in [0.05, 0.1) is 19.7 Å². The molecule has 0 saturated carbocycles. The molecule has 0 aliphatic rings. The molecule has 0 bridgehead atoms. The van der Waals surface area contributed by atoms with Crippen LogP contribution in [0.2, 0.25) is 0 Å². The van der Waals surface area contributed by atoms with Gasteiger partial charge in [0.15, 0.2) is 5.96 Å². The summed E-state index contributed by atoms with van der Waals surface area (Å²) in [5, 5.41) is 7.67. The summed E-state index contributed by atoms with van der Waals surface area (Å²) < 4.78 is 11.3. The van der Waals surface area contributed by atoms with E-state index in [0.717, 1.165) is 35.2 Å². The van der Waals surface area contributed by atoms with Crippen LogP contribution in [0.1, 0.15) is 36.2 Å². The summed E-state index contributed by atoms with van der Waals surface area (Å²) in [4.78, 5) is 14.7. The first kappa shape index (κ1) is 22.6. The Morgan fingerprint density at radius 2 is 1.84 bits per heavy atom. The summed E-state index contributed by atoms with van der Waals surface area (Å²) in [5.41, 5.74) is 1.01. The molecule has 0 aliphatic carbocycles. The van der Waals surface area contributed by atoms with Gasteiger partial charge in [-0.1, -0.05) is 6.92 Å². The number of aryl methyl sites for hydroxylation is 1. The second kappa shape index (κ2) is 11.9. The Labute approximate surface area is 187 Å². The van der Waals surface area contributed by atoms with E-state index in [-0.39, 0.29) is 0 Å². The zero-order chi connectivity index (χ0) is 21.9. The number of ether oxygens (including phenoxy) is 2. The number of hydrogen-bond acceptors (Lipinski definition) is 6. The van der Waals surface area contributed by atoms with Crippen LogP contribution in [0.25, 0.3) is 0 Å². The van der Waals surface area contributed by atoms with Crippen molar-refractivity contribution in [3.8, 4) is 17.4 Å². The second-order valence-electron chi connectivity index (χ2n) is 6.63. The Hall–Kier alpha value is -3.13. The average Bonchev–Trinajstić information content (AvgIpc) is 3.26. The minimum atomic E-state index is 0.509. The van der Waals surface area contributed by atoms with Crippen LogP contribution in [0.5, 0.6) is 17.4 Å². The lowest BCUT2D eigenvalue weighted by Gasteiger charge is -2.10. The number of nitrogens with zero attached hydrogens (tertiary/aromatic N) is 3. The van der Waals surface area contributed by atoms with Crippen LogP contribution in [0.4, 0.5) is 0 Å². The summed E-state index contributed by atoms with van der Waals surface area (Å²) >= 11 is 1.72. The molecular formula is C23H29N5O2S. The molecule has 3 aromatic rings. The third-order valence-electron chi connectivity index (χ3n) is 4.28. The zero-order valence-corrected chi connectivity index (χ0v) is 19.0. The van der Waals surface area contributed by atoms with Gasteiger partial charge in [-0.2, -0.15) is 0 Å². The normalized spacial score (nSPS) is 11.3. The molecule has 8 heteroatoms. The molecule has 0 spiro atoms. The molecule has 2 heterocycles. The van der Waals surface area contributed by atoms with Crippen LogP contribution in [0, 0.1) is 0 Å². The maximum absolute atomic E-state index is 5.87. The molecule has 0 radical (unpaired) electrons. The maximum Gasteiger partial charge on any atom is 0.219 e. The molecule has 0 fully saturated rings. The van der Waals surface area contributed by atoms with Gasteiger partial charge in [-0.15, -0.1) is 11.3 Å². The van der Waals surface area contributed by atoms with E-state index in [0.29, 0.717) is 31.3 Å². The lowest BCUT2D eigenvalue weighted by atomic mass is 10.2. The first-order valence-electron chi connectivity index (χ1n) is 10.5. The number of pyridine rings is 1. The second-order valence-corrected chi connectivity index (χ2v) is 7.83. The fourth-order valence-electron chi connectivity index (χ4n) is 2.76. The molecule has 3 rings (SSSR count). The van der Waals surface area contributed by atoms with Crippen molar-refractivity contribution in [2.24, 2.45) is 4.99 Å². The van der Waals surface area contributed by atoms with Crippen LogP contribution in [0.15, 0.2) is 53.8 Å². The van der Waals surface area contributed by atoms with Crippen molar-refractivity contribution < 1.29 is 9.47 Å². The molecule has 0 aliphatic heterocycles. The van der Waals surface area contributed by atoms with Crippen LogP contribution >= 0.6 is 11.3 Å². The first-order chi connectivity index (χ1) is 15.2. The van der Waals surface area contributed by atoms with Crippen LogP contribution < -0.4 is 20.1 Å². The Bertz CT molecular complexity index is 972. The van der Waals surface area contributed by atoms with E-state index >= 15 is 0 Å². The lowest BCUT2D eigenvalue weighted by Crippen LogP contribution is -2.36. The molecule has 2 N–H and O–H groups in total. The highest BCUT2D eigenvalue weighted by atomic mass is 32.1. The number of thiazole rings is 1. The van der Waals surface area contributed by atoms with Crippen molar-refractivity contribution in [3.05, 3.63) is 64.2 Å². The Kier molecular flexibility index (Phi) is 8.66. The molecule has 7 nitrogen and oxygen atoms in total. The van der Waals surface area contributed by atoms with Crippen molar-refractivity contribution in [1.82, 2.24) is 20.6 Å². The fraction of sp³-hybridized carbons (Fsp3) is 0.348. The molecule has 0 saturated heterocycles. The highest BCUT2D eigenvalue weighted by molar-refractivity contribution is 7.11. The molecular weight excluding hydrogens is 410 g/mol. The zero-order valence-electron chi connectivity index (χ0n) is 18.2. The van der Waals surface area contributed by atoms with Crippen molar-refractivity contribution in [2.45, 2.75) is 40.3 Å². The molecule has 0 unspecified atom stereocenters. The average molecular weight is 440 g/mol. The van der Waals surface area contributed by atoms with Crippen molar-refractivity contribution >= 4 is 17.3 Å². The summed E-state index contributed by atoms with van der Waals surface area (Å²) in [7, 11) is 0. The fourth-order valence-corrected chi connectivity index (χ4v) is 3.56. The molecule has 0 atom stereocenters. The van der Waals surface area contributed by atoms with Crippen molar-refractivity contribution in [1.29, 1.82) is 0 Å². The lowest BCUT2D eigenvalue weighted by molar-refractivity contribution is 0.339. The minimum Gasteiger partial charge on any atom is -0.494 e. The number of rotatable bonds is 10. The topological polar surface area (TPSA) is 80.7 Å².